The van der Waals surface area contributed by atoms with Crippen LogP contribution in [0.15, 0.2) is 48.5 Å². The van der Waals surface area contributed by atoms with Gasteiger partial charge in [-0.2, -0.15) is 0 Å². The molecule has 3 N–H and O–H groups in total. The minimum Gasteiger partial charge on any atom is -0.394 e. The van der Waals surface area contributed by atoms with Crippen LogP contribution in [0, 0.1) is 24.7 Å². The fourth-order valence-corrected chi connectivity index (χ4v) is 7.31. The Balaban J connectivity index is 1.62. The Hall–Kier alpha value is -2.94. The number of para-hydroxylation sites is 1. The zero-order valence-electron chi connectivity index (χ0n) is 22.0. The summed E-state index contributed by atoms with van der Waals surface area (Å²) in [4.78, 5) is 43.2. The molecular weight excluding hydrogens is 506 g/mol. The van der Waals surface area contributed by atoms with Gasteiger partial charge in [-0.25, -0.2) is 0 Å². The van der Waals surface area contributed by atoms with Crippen molar-refractivity contribution in [2.24, 2.45) is 17.8 Å². The zero-order valence-corrected chi connectivity index (χ0v) is 22.8. The molecule has 3 heterocycles. The van der Waals surface area contributed by atoms with Gasteiger partial charge in [0.1, 0.15) is 11.6 Å². The van der Waals surface area contributed by atoms with Crippen molar-refractivity contribution in [2.45, 2.75) is 56.9 Å². The number of ether oxygens (including phenoxy) is 1. The van der Waals surface area contributed by atoms with Crippen LogP contribution in [0.2, 0.25) is 5.02 Å². The van der Waals surface area contributed by atoms with Crippen LogP contribution in [0.25, 0.3) is 0 Å². The second-order valence-corrected chi connectivity index (χ2v) is 11.4. The molecule has 3 amide bonds. The lowest BCUT2D eigenvalue weighted by Gasteiger charge is -2.37. The molecule has 0 saturated carbocycles. The molecule has 3 unspecified atom stereocenters. The minimum absolute atomic E-state index is 0.0761. The van der Waals surface area contributed by atoms with Crippen LogP contribution in [-0.2, 0) is 25.5 Å². The van der Waals surface area contributed by atoms with Crippen LogP contribution in [0.3, 0.4) is 0 Å². The van der Waals surface area contributed by atoms with E-state index in [4.69, 9.17) is 16.3 Å². The summed E-state index contributed by atoms with van der Waals surface area (Å²) in [6, 6.07) is 13.1. The number of rotatable bonds is 7. The Morgan fingerprint density at radius 2 is 1.89 bits per heavy atom. The van der Waals surface area contributed by atoms with Gasteiger partial charge >= 0.3 is 0 Å². The van der Waals surface area contributed by atoms with Crippen molar-refractivity contribution < 1.29 is 24.2 Å². The maximum absolute atomic E-state index is 14.3. The number of fused-ring (bicyclic) bond motifs is 1. The number of hydrogen-bond acceptors (Lipinski definition) is 5. The highest BCUT2D eigenvalue weighted by Crippen LogP contribution is 2.65. The lowest BCUT2D eigenvalue weighted by atomic mass is 9.62. The standard InChI is InChI=1S/C29H34ClN3O5/c1-16-9-8-12-20(30)23(16)32-26(36)24-29-14-17(2)28(3,38-29)21(25(35)31-4)22(29)27(37)33(24)19(15-34)13-18-10-6-5-7-11-18/h5-12,17,19,21-22,24,34H,13-15H2,1-4H3,(H,31,35)(H,32,36)/t17?,19-,21+,22+,24?,28-,29?/m1/s1. The number of aliphatic hydroxyl groups excluding tert-OH is 1. The number of amides is 3. The molecule has 0 radical (unpaired) electrons. The van der Waals surface area contributed by atoms with Crippen molar-refractivity contribution in [2.75, 3.05) is 19.0 Å². The van der Waals surface area contributed by atoms with Crippen molar-refractivity contribution in [3.05, 3.63) is 64.7 Å². The van der Waals surface area contributed by atoms with Crippen LogP contribution in [0.5, 0.6) is 0 Å². The van der Waals surface area contributed by atoms with Gasteiger partial charge in [0.15, 0.2) is 0 Å². The second-order valence-electron chi connectivity index (χ2n) is 11.0. The third-order valence-electron chi connectivity index (χ3n) is 8.92. The normalized spacial score (nSPS) is 32.3. The monoisotopic (exact) mass is 539 g/mol. The van der Waals surface area contributed by atoms with Crippen molar-refractivity contribution >= 4 is 35.0 Å². The van der Waals surface area contributed by atoms with Gasteiger partial charge in [-0.05, 0) is 49.8 Å². The molecule has 5 rings (SSSR count). The van der Waals surface area contributed by atoms with E-state index in [1.54, 1.807) is 19.2 Å². The molecule has 0 aliphatic carbocycles. The Bertz CT molecular complexity index is 1250. The molecule has 0 aromatic heterocycles. The van der Waals surface area contributed by atoms with Gasteiger partial charge in [0.2, 0.25) is 17.7 Å². The number of nitrogens with zero attached hydrogens (tertiary/aromatic N) is 1. The first kappa shape index (κ1) is 26.7. The van der Waals surface area contributed by atoms with Gasteiger partial charge < -0.3 is 25.4 Å². The number of carbonyl (C=O) groups is 3. The molecule has 1 spiro atoms. The lowest BCUT2D eigenvalue weighted by molar-refractivity contribution is -0.149. The summed E-state index contributed by atoms with van der Waals surface area (Å²) >= 11 is 6.44. The molecule has 38 heavy (non-hydrogen) atoms. The average Bonchev–Trinajstić information content (AvgIpc) is 3.41. The largest absolute Gasteiger partial charge is 0.394 e. The summed E-state index contributed by atoms with van der Waals surface area (Å²) in [5.41, 5.74) is 0.0395. The van der Waals surface area contributed by atoms with Crippen LogP contribution < -0.4 is 10.6 Å². The maximum atomic E-state index is 14.3. The zero-order chi connectivity index (χ0) is 27.4. The smallest absolute Gasteiger partial charge is 0.250 e. The molecular formula is C29H34ClN3O5. The number of aryl methyl sites for hydroxylation is 1. The molecule has 2 aromatic carbocycles. The highest BCUT2D eigenvalue weighted by atomic mass is 35.5. The van der Waals surface area contributed by atoms with Crippen LogP contribution in [-0.4, -0.2) is 64.7 Å². The van der Waals surface area contributed by atoms with E-state index in [0.717, 1.165) is 11.1 Å². The minimum atomic E-state index is -1.22. The van der Waals surface area contributed by atoms with Crippen LogP contribution in [0.1, 0.15) is 31.4 Å². The highest BCUT2D eigenvalue weighted by molar-refractivity contribution is 6.34. The summed E-state index contributed by atoms with van der Waals surface area (Å²) in [6.45, 7) is 5.35. The van der Waals surface area contributed by atoms with E-state index in [-0.39, 0.29) is 24.3 Å². The van der Waals surface area contributed by atoms with E-state index >= 15 is 0 Å². The first-order chi connectivity index (χ1) is 18.1. The summed E-state index contributed by atoms with van der Waals surface area (Å²) in [6.07, 6.45) is 0.783. The first-order valence-electron chi connectivity index (χ1n) is 13.0. The lowest BCUT2D eigenvalue weighted by Crippen LogP contribution is -2.57. The number of aliphatic hydroxyl groups is 1. The number of nitrogens with one attached hydrogen (secondary N) is 2. The summed E-state index contributed by atoms with van der Waals surface area (Å²) in [5.74, 6) is -2.77. The summed E-state index contributed by atoms with van der Waals surface area (Å²) in [7, 11) is 1.54. The van der Waals surface area contributed by atoms with E-state index < -0.39 is 41.0 Å². The van der Waals surface area contributed by atoms with Gasteiger partial charge in [0.25, 0.3) is 0 Å². The van der Waals surface area contributed by atoms with Crippen LogP contribution >= 0.6 is 11.6 Å². The number of hydrogen-bond donors (Lipinski definition) is 3. The number of anilines is 1. The molecule has 2 bridgehead atoms. The average molecular weight is 540 g/mol. The third kappa shape index (κ3) is 3.84. The molecule has 3 fully saturated rings. The molecule has 7 atom stereocenters. The molecule has 3 aliphatic heterocycles. The second kappa shape index (κ2) is 9.67. The third-order valence-corrected chi connectivity index (χ3v) is 9.23. The highest BCUT2D eigenvalue weighted by Gasteiger charge is 2.80. The molecule has 9 heteroatoms. The fourth-order valence-electron chi connectivity index (χ4n) is 7.04. The first-order valence-corrected chi connectivity index (χ1v) is 13.4. The van der Waals surface area contributed by atoms with Crippen molar-refractivity contribution in [1.29, 1.82) is 0 Å². The molecule has 8 nitrogen and oxygen atoms in total. The molecule has 2 aromatic rings. The SMILES string of the molecule is CNC(=O)[C@@H]1[C@H]2C(=O)N([C@@H](CO)Cc3ccccc3)C(C(=O)Nc3c(C)cccc3Cl)C23CC(C)[C@@]1(C)O3. The van der Waals surface area contributed by atoms with E-state index in [9.17, 15) is 19.5 Å². The van der Waals surface area contributed by atoms with Gasteiger partial charge in [-0.15, -0.1) is 0 Å². The Morgan fingerprint density at radius 3 is 2.53 bits per heavy atom. The number of likely N-dealkylation sites (tertiary alicyclic amines) is 1. The Morgan fingerprint density at radius 1 is 1.18 bits per heavy atom. The molecule has 3 saturated heterocycles. The van der Waals surface area contributed by atoms with Crippen molar-refractivity contribution in [1.82, 2.24) is 10.2 Å². The van der Waals surface area contributed by atoms with E-state index in [0.29, 0.717) is 23.6 Å². The van der Waals surface area contributed by atoms with Gasteiger partial charge in [-0.3, -0.25) is 14.4 Å². The van der Waals surface area contributed by atoms with Crippen molar-refractivity contribution in [3.63, 3.8) is 0 Å². The quantitative estimate of drug-likeness (QED) is 0.501. The molecule has 3 aliphatic rings. The predicted molar refractivity (Wildman–Crippen MR) is 144 cm³/mol. The number of carbonyl (C=O) groups excluding carboxylic acids is 3. The predicted octanol–water partition coefficient (Wildman–Crippen LogP) is 2.95. The molecule has 202 valence electrons. The number of benzene rings is 2. The maximum Gasteiger partial charge on any atom is 0.250 e. The van der Waals surface area contributed by atoms with Crippen molar-refractivity contribution in [3.8, 4) is 0 Å². The van der Waals surface area contributed by atoms with E-state index in [1.807, 2.05) is 57.2 Å². The summed E-state index contributed by atoms with van der Waals surface area (Å²) in [5, 5.41) is 16.6. The fraction of sp³-hybridized carbons (Fsp3) is 0.483. The van der Waals surface area contributed by atoms with E-state index in [1.165, 1.54) is 4.90 Å². The number of halogens is 1. The Kier molecular flexibility index (Phi) is 6.78. The van der Waals surface area contributed by atoms with E-state index in [2.05, 4.69) is 10.6 Å². The van der Waals surface area contributed by atoms with Crippen LogP contribution in [0.4, 0.5) is 5.69 Å². The van der Waals surface area contributed by atoms with Gasteiger partial charge in [0.05, 0.1) is 40.8 Å². The van der Waals surface area contributed by atoms with Gasteiger partial charge in [0, 0.05) is 7.05 Å². The summed E-state index contributed by atoms with van der Waals surface area (Å²) < 4.78 is 6.70. The topological polar surface area (TPSA) is 108 Å². The Labute approximate surface area is 227 Å². The van der Waals surface area contributed by atoms with Gasteiger partial charge in [-0.1, -0.05) is 61.0 Å².